The van der Waals surface area contributed by atoms with E-state index in [-0.39, 0.29) is 30.2 Å². The fourth-order valence-electron chi connectivity index (χ4n) is 2.12. The topological polar surface area (TPSA) is 99.9 Å². The van der Waals surface area contributed by atoms with Gasteiger partial charge in [0, 0.05) is 18.7 Å². The van der Waals surface area contributed by atoms with Gasteiger partial charge in [0.2, 0.25) is 5.91 Å². The van der Waals surface area contributed by atoms with Gasteiger partial charge in [0.05, 0.1) is 17.2 Å². The molecule has 114 valence electrons. The standard InChI is InChI=1S/C13H16N2O5S/c1-8-15(10(7-21-8)13(18)19)11(16)2-4-14-12(17)9-3-5-20-6-9/h3,5-6,8,10H,2,4,7H2,1H3,(H,14,17)(H,18,19). The highest BCUT2D eigenvalue weighted by molar-refractivity contribution is 8.00. The maximum atomic E-state index is 12.1. The Morgan fingerprint density at radius 2 is 2.29 bits per heavy atom. The van der Waals surface area contributed by atoms with Crippen molar-refractivity contribution in [2.45, 2.75) is 24.8 Å². The molecular weight excluding hydrogens is 296 g/mol. The Labute approximate surface area is 125 Å². The van der Waals surface area contributed by atoms with Gasteiger partial charge in [-0.1, -0.05) is 0 Å². The van der Waals surface area contributed by atoms with Crippen LogP contribution in [0.5, 0.6) is 0 Å². The summed E-state index contributed by atoms with van der Waals surface area (Å²) in [6.07, 6.45) is 2.77. The number of furan rings is 1. The summed E-state index contributed by atoms with van der Waals surface area (Å²) in [5, 5.41) is 11.5. The van der Waals surface area contributed by atoms with Crippen molar-refractivity contribution < 1.29 is 23.9 Å². The molecule has 0 aromatic carbocycles. The predicted molar refractivity (Wildman–Crippen MR) is 75.8 cm³/mol. The van der Waals surface area contributed by atoms with Crippen molar-refractivity contribution in [1.29, 1.82) is 0 Å². The summed E-state index contributed by atoms with van der Waals surface area (Å²) in [6, 6.07) is 0.735. The normalized spacial score (nSPS) is 21.3. The van der Waals surface area contributed by atoms with Gasteiger partial charge in [-0.25, -0.2) is 4.79 Å². The molecule has 1 aromatic rings. The molecule has 21 heavy (non-hydrogen) atoms. The lowest BCUT2D eigenvalue weighted by Crippen LogP contribution is -2.45. The molecule has 0 aliphatic carbocycles. The van der Waals surface area contributed by atoms with Gasteiger partial charge in [0.1, 0.15) is 12.3 Å². The summed E-state index contributed by atoms with van der Waals surface area (Å²) in [6.45, 7) is 1.96. The van der Waals surface area contributed by atoms with Gasteiger partial charge in [-0.2, -0.15) is 0 Å². The van der Waals surface area contributed by atoms with Crippen LogP contribution in [0, 0.1) is 0 Å². The molecule has 2 amide bonds. The Kier molecular flexibility index (Phi) is 4.89. The number of aliphatic carboxylic acids is 1. The molecule has 7 nitrogen and oxygen atoms in total. The quantitative estimate of drug-likeness (QED) is 0.833. The van der Waals surface area contributed by atoms with Crippen LogP contribution in [0.25, 0.3) is 0 Å². The van der Waals surface area contributed by atoms with E-state index in [4.69, 9.17) is 9.52 Å². The molecule has 2 atom stereocenters. The second-order valence-electron chi connectivity index (χ2n) is 4.61. The molecule has 2 heterocycles. The van der Waals surface area contributed by atoms with Crippen molar-refractivity contribution >= 4 is 29.5 Å². The van der Waals surface area contributed by atoms with Crippen LogP contribution in [-0.4, -0.2) is 51.5 Å². The fourth-order valence-corrected chi connectivity index (χ4v) is 3.31. The van der Waals surface area contributed by atoms with E-state index in [0.717, 1.165) is 0 Å². The second-order valence-corrected chi connectivity index (χ2v) is 5.95. The van der Waals surface area contributed by atoms with E-state index in [0.29, 0.717) is 11.3 Å². The zero-order valence-electron chi connectivity index (χ0n) is 11.4. The zero-order chi connectivity index (χ0) is 15.4. The SMILES string of the molecule is CC1SCC(C(=O)O)N1C(=O)CCNC(=O)c1ccoc1. The molecule has 1 saturated heterocycles. The summed E-state index contributed by atoms with van der Waals surface area (Å²) in [4.78, 5) is 36.3. The van der Waals surface area contributed by atoms with Crippen LogP contribution < -0.4 is 5.32 Å². The minimum atomic E-state index is -0.998. The van der Waals surface area contributed by atoms with Crippen molar-refractivity contribution in [2.75, 3.05) is 12.3 Å². The van der Waals surface area contributed by atoms with Crippen molar-refractivity contribution in [3.63, 3.8) is 0 Å². The monoisotopic (exact) mass is 312 g/mol. The lowest BCUT2D eigenvalue weighted by Gasteiger charge is -2.25. The summed E-state index contributed by atoms with van der Waals surface area (Å²) >= 11 is 1.43. The van der Waals surface area contributed by atoms with Crippen molar-refractivity contribution in [3.05, 3.63) is 24.2 Å². The Bertz CT molecular complexity index is 531. The first-order valence-electron chi connectivity index (χ1n) is 6.46. The molecule has 0 bridgehead atoms. The number of carbonyl (C=O) groups is 3. The number of thioether (sulfide) groups is 1. The highest BCUT2D eigenvalue weighted by atomic mass is 32.2. The molecule has 0 radical (unpaired) electrons. The van der Waals surface area contributed by atoms with Crippen LogP contribution in [0.4, 0.5) is 0 Å². The predicted octanol–water partition coefficient (Wildman–Crippen LogP) is 0.774. The molecule has 2 unspecified atom stereocenters. The van der Waals surface area contributed by atoms with Gasteiger partial charge in [-0.3, -0.25) is 9.59 Å². The molecule has 1 fully saturated rings. The Morgan fingerprint density at radius 1 is 1.52 bits per heavy atom. The lowest BCUT2D eigenvalue weighted by molar-refractivity contribution is -0.148. The number of hydrogen-bond donors (Lipinski definition) is 2. The average Bonchev–Trinajstić information content (AvgIpc) is 3.07. The van der Waals surface area contributed by atoms with E-state index in [9.17, 15) is 14.4 Å². The smallest absolute Gasteiger partial charge is 0.327 e. The third kappa shape index (κ3) is 3.57. The molecular formula is C13H16N2O5S. The van der Waals surface area contributed by atoms with E-state index in [2.05, 4.69) is 5.32 Å². The third-order valence-electron chi connectivity index (χ3n) is 3.20. The lowest BCUT2D eigenvalue weighted by atomic mass is 10.2. The number of carboxylic acid groups (broad SMARTS) is 1. The molecule has 0 saturated carbocycles. The highest BCUT2D eigenvalue weighted by Gasteiger charge is 2.38. The second kappa shape index (κ2) is 6.66. The maximum Gasteiger partial charge on any atom is 0.327 e. The number of nitrogens with zero attached hydrogens (tertiary/aromatic N) is 1. The largest absolute Gasteiger partial charge is 0.480 e. The fraction of sp³-hybridized carbons (Fsp3) is 0.462. The molecule has 0 spiro atoms. The van der Waals surface area contributed by atoms with E-state index < -0.39 is 12.0 Å². The number of carbonyl (C=O) groups excluding carboxylic acids is 2. The Hall–Kier alpha value is -1.96. The van der Waals surface area contributed by atoms with Crippen LogP contribution in [0.15, 0.2) is 23.0 Å². The number of amides is 2. The van der Waals surface area contributed by atoms with Crippen LogP contribution in [0.3, 0.4) is 0 Å². The zero-order valence-corrected chi connectivity index (χ0v) is 12.3. The van der Waals surface area contributed by atoms with Gasteiger partial charge in [-0.05, 0) is 13.0 Å². The van der Waals surface area contributed by atoms with Crippen LogP contribution in [0.2, 0.25) is 0 Å². The van der Waals surface area contributed by atoms with Crippen molar-refractivity contribution in [1.82, 2.24) is 10.2 Å². The summed E-state index contributed by atoms with van der Waals surface area (Å²) in [5.41, 5.74) is 0.385. The highest BCUT2D eigenvalue weighted by Crippen LogP contribution is 2.29. The molecule has 1 aromatic heterocycles. The molecule has 1 aliphatic heterocycles. The summed E-state index contributed by atoms with van der Waals surface area (Å²) in [7, 11) is 0. The first-order valence-corrected chi connectivity index (χ1v) is 7.51. The van der Waals surface area contributed by atoms with E-state index >= 15 is 0 Å². The van der Waals surface area contributed by atoms with Gasteiger partial charge in [0.25, 0.3) is 5.91 Å². The molecule has 2 N–H and O–H groups in total. The van der Waals surface area contributed by atoms with Gasteiger partial charge < -0.3 is 19.7 Å². The number of hydrogen-bond acceptors (Lipinski definition) is 5. The van der Waals surface area contributed by atoms with Gasteiger partial charge in [0.15, 0.2) is 0 Å². The average molecular weight is 312 g/mol. The van der Waals surface area contributed by atoms with Gasteiger partial charge >= 0.3 is 5.97 Å². The third-order valence-corrected chi connectivity index (χ3v) is 4.42. The summed E-state index contributed by atoms with van der Waals surface area (Å²) in [5.74, 6) is -1.20. The van der Waals surface area contributed by atoms with E-state index in [1.165, 1.54) is 35.3 Å². The number of carboxylic acids is 1. The minimum absolute atomic E-state index is 0.0677. The molecule has 8 heteroatoms. The molecule has 2 rings (SSSR count). The van der Waals surface area contributed by atoms with Gasteiger partial charge in [-0.15, -0.1) is 11.8 Å². The van der Waals surface area contributed by atoms with Crippen LogP contribution in [0.1, 0.15) is 23.7 Å². The first kappa shape index (κ1) is 15.4. The van der Waals surface area contributed by atoms with Crippen molar-refractivity contribution in [2.24, 2.45) is 0 Å². The van der Waals surface area contributed by atoms with Crippen molar-refractivity contribution in [3.8, 4) is 0 Å². The van der Waals surface area contributed by atoms with Crippen LogP contribution >= 0.6 is 11.8 Å². The van der Waals surface area contributed by atoms with Crippen LogP contribution in [-0.2, 0) is 9.59 Å². The molecule has 1 aliphatic rings. The van der Waals surface area contributed by atoms with E-state index in [1.54, 1.807) is 6.92 Å². The van der Waals surface area contributed by atoms with E-state index in [1.807, 2.05) is 0 Å². The number of rotatable bonds is 5. The minimum Gasteiger partial charge on any atom is -0.480 e. The Morgan fingerprint density at radius 3 is 2.90 bits per heavy atom. The number of nitrogens with one attached hydrogen (secondary N) is 1. The first-order chi connectivity index (χ1) is 10.0. The Balaban J connectivity index is 1.84. The summed E-state index contributed by atoms with van der Waals surface area (Å²) < 4.78 is 4.79. The maximum absolute atomic E-state index is 12.1.